The van der Waals surface area contributed by atoms with Gasteiger partial charge in [0.2, 0.25) is 5.75 Å². The van der Waals surface area contributed by atoms with Gasteiger partial charge in [0.15, 0.2) is 11.5 Å². The Balaban J connectivity index is 0.00000288. The lowest BCUT2D eigenvalue weighted by Crippen LogP contribution is -2.45. The Kier molecular flexibility index (Phi) is 10.9. The molecule has 1 fully saturated rings. The molecule has 1 aliphatic rings. The van der Waals surface area contributed by atoms with E-state index in [0.29, 0.717) is 17.2 Å². The van der Waals surface area contributed by atoms with Crippen molar-refractivity contribution < 1.29 is 14.2 Å². The molecule has 1 N–H and O–H groups in total. The summed E-state index contributed by atoms with van der Waals surface area (Å²) in [6, 6.07) is 4.37. The number of hydrogen-bond acceptors (Lipinski definition) is 5. The zero-order valence-corrected chi connectivity index (χ0v) is 17.1. The molecular weight excluding hydrogens is 363 g/mol. The maximum Gasteiger partial charge on any atom is 0.203 e. The van der Waals surface area contributed by atoms with Crippen molar-refractivity contribution in [2.24, 2.45) is 0 Å². The van der Waals surface area contributed by atoms with Gasteiger partial charge in [0.25, 0.3) is 0 Å². The van der Waals surface area contributed by atoms with Crippen LogP contribution in [0.1, 0.15) is 24.9 Å². The Bertz CT molecular complexity index is 524. The molecule has 0 radical (unpaired) electrons. The molecular formula is C18H30Cl2N2O3. The average molecular weight is 393 g/mol. The second-order valence-electron chi connectivity index (χ2n) is 5.92. The van der Waals surface area contributed by atoms with E-state index in [4.69, 9.17) is 14.2 Å². The van der Waals surface area contributed by atoms with E-state index in [-0.39, 0.29) is 30.9 Å². The molecule has 0 unspecified atom stereocenters. The first-order valence-corrected chi connectivity index (χ1v) is 7.99. The van der Waals surface area contributed by atoms with Crippen molar-refractivity contribution in [1.82, 2.24) is 10.2 Å². The van der Waals surface area contributed by atoms with Crippen LogP contribution in [0.2, 0.25) is 0 Å². The molecule has 2 rings (SSSR count). The highest BCUT2D eigenvalue weighted by Crippen LogP contribution is 2.41. The highest BCUT2D eigenvalue weighted by Gasteiger charge is 2.25. The number of ether oxygens (including phenoxy) is 3. The number of nitrogens with one attached hydrogen (secondary N) is 1. The summed E-state index contributed by atoms with van der Waals surface area (Å²) in [6.07, 6.45) is 0.915. The van der Waals surface area contributed by atoms with Gasteiger partial charge in [-0.25, -0.2) is 0 Å². The first kappa shape index (κ1) is 23.9. The summed E-state index contributed by atoms with van der Waals surface area (Å²) in [6.45, 7) is 10.2. The van der Waals surface area contributed by atoms with Crippen molar-refractivity contribution >= 4 is 24.8 Å². The number of hydrogen-bond donors (Lipinski definition) is 1. The van der Waals surface area contributed by atoms with Crippen LogP contribution in [0.3, 0.4) is 0 Å². The van der Waals surface area contributed by atoms with E-state index >= 15 is 0 Å². The van der Waals surface area contributed by atoms with Crippen LogP contribution in [0.4, 0.5) is 0 Å². The molecule has 0 amide bonds. The minimum absolute atomic E-state index is 0. The third-order valence-electron chi connectivity index (χ3n) is 4.21. The molecule has 0 spiro atoms. The molecule has 0 saturated carbocycles. The molecule has 0 bridgehead atoms. The molecule has 1 saturated heterocycles. The van der Waals surface area contributed by atoms with Gasteiger partial charge in [-0.05, 0) is 31.0 Å². The Hall–Kier alpha value is -1.14. The maximum absolute atomic E-state index is 5.50. The van der Waals surface area contributed by atoms with Crippen LogP contribution in [0.15, 0.2) is 24.3 Å². The molecule has 25 heavy (non-hydrogen) atoms. The zero-order chi connectivity index (χ0) is 16.8. The number of halogens is 2. The summed E-state index contributed by atoms with van der Waals surface area (Å²) >= 11 is 0. The van der Waals surface area contributed by atoms with Crippen LogP contribution in [-0.2, 0) is 0 Å². The second kappa shape index (κ2) is 11.5. The average Bonchev–Trinajstić information content (AvgIpc) is 2.58. The minimum atomic E-state index is 0. The van der Waals surface area contributed by atoms with Crippen molar-refractivity contribution in [3.63, 3.8) is 0 Å². The smallest absolute Gasteiger partial charge is 0.203 e. The Morgan fingerprint density at radius 3 is 2.00 bits per heavy atom. The van der Waals surface area contributed by atoms with E-state index < -0.39 is 0 Å². The van der Waals surface area contributed by atoms with Crippen molar-refractivity contribution in [2.75, 3.05) is 47.5 Å². The fraction of sp³-hybridized carbons (Fsp3) is 0.556. The van der Waals surface area contributed by atoms with E-state index in [9.17, 15) is 0 Å². The molecule has 7 heteroatoms. The van der Waals surface area contributed by atoms with Crippen LogP contribution >= 0.6 is 24.8 Å². The molecule has 0 aliphatic carbocycles. The quantitative estimate of drug-likeness (QED) is 0.719. The minimum Gasteiger partial charge on any atom is -0.493 e. The van der Waals surface area contributed by atoms with Gasteiger partial charge in [0.05, 0.1) is 21.3 Å². The van der Waals surface area contributed by atoms with Crippen molar-refractivity contribution in [1.29, 1.82) is 0 Å². The largest absolute Gasteiger partial charge is 0.493 e. The van der Waals surface area contributed by atoms with Gasteiger partial charge in [-0.15, -0.1) is 31.4 Å². The Morgan fingerprint density at radius 1 is 1.08 bits per heavy atom. The monoisotopic (exact) mass is 392 g/mol. The molecule has 1 atom stereocenters. The van der Waals surface area contributed by atoms with Gasteiger partial charge < -0.3 is 19.5 Å². The van der Waals surface area contributed by atoms with Gasteiger partial charge in [-0.2, -0.15) is 0 Å². The van der Waals surface area contributed by atoms with Gasteiger partial charge in [0.1, 0.15) is 0 Å². The molecule has 1 aliphatic heterocycles. The maximum atomic E-state index is 5.50. The second-order valence-corrected chi connectivity index (χ2v) is 5.92. The number of nitrogens with zero attached hydrogens (tertiary/aromatic N) is 1. The highest BCUT2D eigenvalue weighted by molar-refractivity contribution is 5.85. The van der Waals surface area contributed by atoms with E-state index in [1.165, 1.54) is 11.1 Å². The third kappa shape index (κ3) is 5.96. The summed E-state index contributed by atoms with van der Waals surface area (Å²) in [5.41, 5.74) is 2.34. The summed E-state index contributed by atoms with van der Waals surface area (Å²) in [4.78, 5) is 2.49. The lowest BCUT2D eigenvalue weighted by atomic mass is 9.97. The van der Waals surface area contributed by atoms with Gasteiger partial charge in [-0.3, -0.25) is 4.90 Å². The highest BCUT2D eigenvalue weighted by atomic mass is 35.5. The standard InChI is InChI=1S/C18H28N2O3.2ClH/c1-13(2)10-15(20-8-6-19-7-9-20)14-11-16(21-3)18(23-5)17(12-14)22-4;;/h11-12,15,19H,1,6-10H2,2-5H3;2*1H/t15-;;/m0../s1. The summed E-state index contributed by atoms with van der Waals surface area (Å²) in [7, 11) is 4.93. The van der Waals surface area contributed by atoms with E-state index in [2.05, 4.69) is 35.9 Å². The molecule has 144 valence electrons. The Morgan fingerprint density at radius 2 is 1.60 bits per heavy atom. The zero-order valence-electron chi connectivity index (χ0n) is 15.5. The van der Waals surface area contributed by atoms with Crippen LogP contribution < -0.4 is 19.5 Å². The first-order valence-electron chi connectivity index (χ1n) is 7.99. The van der Waals surface area contributed by atoms with Crippen LogP contribution in [0.5, 0.6) is 17.2 Å². The predicted molar refractivity (Wildman–Crippen MR) is 107 cm³/mol. The molecule has 1 aromatic rings. The fourth-order valence-corrected chi connectivity index (χ4v) is 3.08. The van der Waals surface area contributed by atoms with Gasteiger partial charge >= 0.3 is 0 Å². The summed E-state index contributed by atoms with van der Waals surface area (Å²) in [5, 5.41) is 3.40. The van der Waals surface area contributed by atoms with Crippen molar-refractivity contribution in [3.05, 3.63) is 29.8 Å². The van der Waals surface area contributed by atoms with Crippen LogP contribution in [0, 0.1) is 0 Å². The first-order chi connectivity index (χ1) is 11.1. The number of piperazine rings is 1. The topological polar surface area (TPSA) is 43.0 Å². The predicted octanol–water partition coefficient (Wildman–Crippen LogP) is 3.47. The van der Waals surface area contributed by atoms with Crippen molar-refractivity contribution in [3.8, 4) is 17.2 Å². The van der Waals surface area contributed by atoms with Gasteiger partial charge in [0, 0.05) is 32.2 Å². The van der Waals surface area contributed by atoms with Gasteiger partial charge in [-0.1, -0.05) is 5.57 Å². The number of rotatable bonds is 7. The van der Waals surface area contributed by atoms with E-state index in [1.807, 2.05) is 0 Å². The summed E-state index contributed by atoms with van der Waals surface area (Å²) < 4.78 is 16.4. The third-order valence-corrected chi connectivity index (χ3v) is 4.21. The lowest BCUT2D eigenvalue weighted by molar-refractivity contribution is 0.171. The molecule has 5 nitrogen and oxygen atoms in total. The molecule has 0 aromatic heterocycles. The van der Waals surface area contributed by atoms with Crippen LogP contribution in [-0.4, -0.2) is 52.4 Å². The SMILES string of the molecule is C=C(C)C[C@@H](c1cc(OC)c(OC)c(OC)c1)N1CCNCC1.Cl.Cl. The molecule has 1 aromatic carbocycles. The normalized spacial score (nSPS) is 15.4. The molecule has 1 heterocycles. The number of methoxy groups -OCH3 is 3. The van der Waals surface area contributed by atoms with Crippen molar-refractivity contribution in [2.45, 2.75) is 19.4 Å². The number of benzene rings is 1. The lowest BCUT2D eigenvalue weighted by Gasteiger charge is -2.35. The van der Waals surface area contributed by atoms with E-state index in [1.54, 1.807) is 21.3 Å². The van der Waals surface area contributed by atoms with Crippen LogP contribution in [0.25, 0.3) is 0 Å². The fourth-order valence-electron chi connectivity index (χ4n) is 3.08. The summed E-state index contributed by atoms with van der Waals surface area (Å²) in [5.74, 6) is 2.03. The van der Waals surface area contributed by atoms with E-state index in [0.717, 1.165) is 32.6 Å². The Labute approximate surface area is 163 Å².